The Hall–Kier alpha value is -1.53. The summed E-state index contributed by atoms with van der Waals surface area (Å²) >= 11 is 9.05. The molecule has 4 nitrogen and oxygen atoms in total. The molecule has 0 radical (unpaired) electrons. The van der Waals surface area contributed by atoms with Crippen molar-refractivity contribution in [3.8, 4) is 0 Å². The normalized spacial score (nSPS) is 10.3. The van der Waals surface area contributed by atoms with E-state index in [4.69, 9.17) is 11.6 Å². The lowest BCUT2D eigenvalue weighted by Gasteiger charge is -2.07. The fourth-order valence-electron chi connectivity index (χ4n) is 1.38. The lowest BCUT2D eigenvalue weighted by Crippen LogP contribution is -2.14. The molecule has 0 saturated heterocycles. The van der Waals surface area contributed by atoms with Gasteiger partial charge in [-0.25, -0.2) is 14.4 Å². The van der Waals surface area contributed by atoms with E-state index in [0.717, 1.165) is 22.4 Å². The van der Waals surface area contributed by atoms with Crippen LogP contribution in [0.4, 0.5) is 10.2 Å². The molecule has 2 aromatic heterocycles. The lowest BCUT2D eigenvalue weighted by atomic mass is 10.2. The Balaban J connectivity index is 2.25. The highest BCUT2D eigenvalue weighted by Crippen LogP contribution is 2.18. The molecule has 0 aliphatic rings. The van der Waals surface area contributed by atoms with Crippen molar-refractivity contribution in [3.05, 3.63) is 51.1 Å². The van der Waals surface area contributed by atoms with Gasteiger partial charge < -0.3 is 5.32 Å². The third-order valence-corrected chi connectivity index (χ3v) is 3.45. The van der Waals surface area contributed by atoms with Crippen molar-refractivity contribution < 1.29 is 9.18 Å². The summed E-state index contributed by atoms with van der Waals surface area (Å²) in [5.74, 6) is -0.841. The largest absolute Gasteiger partial charge is 0.306 e. The van der Waals surface area contributed by atoms with Gasteiger partial charge in [0.25, 0.3) is 5.91 Å². The van der Waals surface area contributed by atoms with E-state index < -0.39 is 11.7 Å². The fraction of sp³-hybridized carbons (Fsp3) is 0.0833. The zero-order valence-electron chi connectivity index (χ0n) is 9.75. The van der Waals surface area contributed by atoms with Crippen LogP contribution in [-0.2, 0) is 0 Å². The van der Waals surface area contributed by atoms with Gasteiger partial charge in [0.05, 0.1) is 17.5 Å². The predicted octanol–water partition coefficient (Wildman–Crippen LogP) is 3.59. The number of carbonyl (C=O) groups is 1. The number of aromatic nitrogens is 2. The standard InChI is InChI=1S/C12H8BrClFN3O/c1-6-9(13)2-3-10(17-6)18-12(19)8-4-7(15)5-16-11(8)14/h2-5H,1H3,(H,17,18,19). The molecule has 0 spiro atoms. The molecule has 0 unspecified atom stereocenters. The molecule has 19 heavy (non-hydrogen) atoms. The summed E-state index contributed by atoms with van der Waals surface area (Å²) in [7, 11) is 0. The van der Waals surface area contributed by atoms with Crippen LogP contribution in [0.5, 0.6) is 0 Å². The number of amides is 1. The molecular weight excluding hydrogens is 337 g/mol. The number of pyridine rings is 2. The minimum atomic E-state index is -0.630. The molecule has 0 aromatic carbocycles. The molecule has 7 heteroatoms. The highest BCUT2D eigenvalue weighted by Gasteiger charge is 2.13. The first kappa shape index (κ1) is 13.9. The van der Waals surface area contributed by atoms with Crippen molar-refractivity contribution in [3.63, 3.8) is 0 Å². The maximum atomic E-state index is 13.0. The molecule has 0 atom stereocenters. The monoisotopic (exact) mass is 343 g/mol. The summed E-state index contributed by atoms with van der Waals surface area (Å²) in [5, 5.41) is 2.47. The van der Waals surface area contributed by atoms with E-state index in [1.165, 1.54) is 0 Å². The highest BCUT2D eigenvalue weighted by atomic mass is 79.9. The first-order chi connectivity index (χ1) is 8.97. The van der Waals surface area contributed by atoms with Crippen LogP contribution in [0.1, 0.15) is 16.1 Å². The number of hydrogen-bond donors (Lipinski definition) is 1. The van der Waals surface area contributed by atoms with Crippen LogP contribution < -0.4 is 5.32 Å². The lowest BCUT2D eigenvalue weighted by molar-refractivity contribution is 0.102. The summed E-state index contributed by atoms with van der Waals surface area (Å²) < 4.78 is 13.9. The van der Waals surface area contributed by atoms with Gasteiger partial charge in [0, 0.05) is 4.47 Å². The number of carbonyl (C=O) groups excluding carboxylic acids is 1. The number of aryl methyl sites for hydroxylation is 1. The summed E-state index contributed by atoms with van der Waals surface area (Å²) in [6.07, 6.45) is 0.946. The van der Waals surface area contributed by atoms with Crippen molar-refractivity contribution >= 4 is 39.3 Å². The van der Waals surface area contributed by atoms with E-state index in [0.29, 0.717) is 5.82 Å². The first-order valence-electron chi connectivity index (χ1n) is 5.23. The van der Waals surface area contributed by atoms with E-state index in [1.54, 1.807) is 19.1 Å². The predicted molar refractivity (Wildman–Crippen MR) is 73.8 cm³/mol. The molecule has 2 rings (SSSR count). The van der Waals surface area contributed by atoms with Crippen molar-refractivity contribution in [2.24, 2.45) is 0 Å². The summed E-state index contributed by atoms with van der Waals surface area (Å²) in [5.41, 5.74) is 0.685. The summed E-state index contributed by atoms with van der Waals surface area (Å²) in [4.78, 5) is 19.7. The van der Waals surface area contributed by atoms with E-state index in [-0.39, 0.29) is 10.7 Å². The SMILES string of the molecule is Cc1nc(NC(=O)c2cc(F)cnc2Cl)ccc1Br. The van der Waals surface area contributed by atoms with E-state index in [2.05, 4.69) is 31.2 Å². The molecule has 0 bridgehead atoms. The Kier molecular flexibility index (Phi) is 4.11. The van der Waals surface area contributed by atoms with E-state index in [9.17, 15) is 9.18 Å². The van der Waals surface area contributed by atoms with Crippen molar-refractivity contribution in [2.75, 3.05) is 5.32 Å². The van der Waals surface area contributed by atoms with E-state index in [1.807, 2.05) is 0 Å². The van der Waals surface area contributed by atoms with Crippen molar-refractivity contribution in [2.45, 2.75) is 6.92 Å². The molecule has 0 saturated carbocycles. The molecule has 1 N–H and O–H groups in total. The number of nitrogens with one attached hydrogen (secondary N) is 1. The quantitative estimate of drug-likeness (QED) is 0.847. The van der Waals surface area contributed by atoms with Gasteiger partial charge in [-0.2, -0.15) is 0 Å². The Bertz CT molecular complexity index is 651. The second-order valence-corrected chi connectivity index (χ2v) is 4.92. The van der Waals surface area contributed by atoms with Gasteiger partial charge in [-0.05, 0) is 41.1 Å². The molecule has 2 aromatic rings. The molecule has 1 amide bonds. The Labute approximate surface area is 122 Å². The van der Waals surface area contributed by atoms with Gasteiger partial charge in [-0.1, -0.05) is 11.6 Å². The van der Waals surface area contributed by atoms with Gasteiger partial charge in [-0.3, -0.25) is 4.79 Å². The van der Waals surface area contributed by atoms with Crippen LogP contribution >= 0.6 is 27.5 Å². The van der Waals surface area contributed by atoms with Gasteiger partial charge in [0.1, 0.15) is 16.8 Å². The topological polar surface area (TPSA) is 54.9 Å². The minimum absolute atomic E-state index is 0.0379. The second-order valence-electron chi connectivity index (χ2n) is 3.71. The van der Waals surface area contributed by atoms with Crippen molar-refractivity contribution in [1.29, 1.82) is 0 Å². The van der Waals surface area contributed by atoms with Crippen LogP contribution in [0.2, 0.25) is 5.15 Å². The maximum absolute atomic E-state index is 13.0. The maximum Gasteiger partial charge on any atom is 0.260 e. The van der Waals surface area contributed by atoms with E-state index >= 15 is 0 Å². The first-order valence-corrected chi connectivity index (χ1v) is 6.40. The molecule has 0 aliphatic carbocycles. The molecular formula is C12H8BrClFN3O. The van der Waals surface area contributed by atoms with Gasteiger partial charge in [-0.15, -0.1) is 0 Å². The highest BCUT2D eigenvalue weighted by molar-refractivity contribution is 9.10. The number of anilines is 1. The minimum Gasteiger partial charge on any atom is -0.306 e. The Morgan fingerprint density at radius 3 is 2.89 bits per heavy atom. The number of hydrogen-bond acceptors (Lipinski definition) is 3. The summed E-state index contributed by atoms with van der Waals surface area (Å²) in [6.45, 7) is 1.79. The van der Waals surface area contributed by atoms with Gasteiger partial charge in [0.2, 0.25) is 0 Å². The van der Waals surface area contributed by atoms with Crippen LogP contribution in [0, 0.1) is 12.7 Å². The Morgan fingerprint density at radius 2 is 2.21 bits per heavy atom. The number of halogens is 3. The third kappa shape index (κ3) is 3.27. The average Bonchev–Trinajstić information content (AvgIpc) is 2.36. The van der Waals surface area contributed by atoms with Crippen LogP contribution in [-0.4, -0.2) is 15.9 Å². The third-order valence-electron chi connectivity index (χ3n) is 2.31. The smallest absolute Gasteiger partial charge is 0.260 e. The van der Waals surface area contributed by atoms with Crippen molar-refractivity contribution in [1.82, 2.24) is 9.97 Å². The van der Waals surface area contributed by atoms with Crippen LogP contribution in [0.25, 0.3) is 0 Å². The molecule has 0 aliphatic heterocycles. The van der Waals surface area contributed by atoms with Crippen LogP contribution in [0.15, 0.2) is 28.9 Å². The molecule has 2 heterocycles. The second kappa shape index (κ2) is 5.63. The number of rotatable bonds is 2. The zero-order valence-corrected chi connectivity index (χ0v) is 12.1. The number of nitrogens with zero attached hydrogens (tertiary/aromatic N) is 2. The Morgan fingerprint density at radius 1 is 1.47 bits per heavy atom. The summed E-state index contributed by atoms with van der Waals surface area (Å²) in [6, 6.07) is 4.40. The van der Waals surface area contributed by atoms with Gasteiger partial charge in [0.15, 0.2) is 0 Å². The average molecular weight is 345 g/mol. The fourth-order valence-corrected chi connectivity index (χ4v) is 1.79. The molecule has 0 fully saturated rings. The zero-order chi connectivity index (χ0) is 14.0. The van der Waals surface area contributed by atoms with Gasteiger partial charge >= 0.3 is 0 Å². The molecule has 98 valence electrons. The van der Waals surface area contributed by atoms with Crippen LogP contribution in [0.3, 0.4) is 0 Å².